The fraction of sp³-hybridized carbons (Fsp3) is 0.917. The first kappa shape index (κ1) is 12.8. The molecule has 17 heavy (non-hydrogen) atoms. The zero-order valence-electron chi connectivity index (χ0n) is 10.8. The Morgan fingerprint density at radius 2 is 2.24 bits per heavy atom. The Balaban J connectivity index is 1.89. The molecular formula is C12H23N3O2. The van der Waals surface area contributed by atoms with Crippen molar-refractivity contribution in [1.29, 1.82) is 0 Å². The molecule has 2 fully saturated rings. The van der Waals surface area contributed by atoms with Gasteiger partial charge in [0, 0.05) is 32.2 Å². The average Bonchev–Trinajstić information content (AvgIpc) is 2.74. The summed E-state index contributed by atoms with van der Waals surface area (Å²) >= 11 is 0. The largest absolute Gasteiger partial charge is 0.468 e. The Kier molecular flexibility index (Phi) is 3.70. The van der Waals surface area contributed by atoms with E-state index in [-0.39, 0.29) is 5.97 Å². The molecule has 0 bridgehead atoms. The van der Waals surface area contributed by atoms with Crippen LogP contribution in [0.5, 0.6) is 0 Å². The van der Waals surface area contributed by atoms with Gasteiger partial charge in [0.25, 0.3) is 0 Å². The number of hydrogen-bond donors (Lipinski definition) is 1. The van der Waals surface area contributed by atoms with E-state index in [9.17, 15) is 4.79 Å². The highest BCUT2D eigenvalue weighted by atomic mass is 16.5. The second-order valence-electron chi connectivity index (χ2n) is 5.48. The van der Waals surface area contributed by atoms with Crippen molar-refractivity contribution in [3.63, 3.8) is 0 Å². The molecule has 0 radical (unpaired) electrons. The summed E-state index contributed by atoms with van der Waals surface area (Å²) in [7, 11) is 1.39. The summed E-state index contributed by atoms with van der Waals surface area (Å²) in [5, 5.41) is 0. The van der Waals surface area contributed by atoms with Crippen LogP contribution in [-0.4, -0.2) is 67.2 Å². The fourth-order valence-corrected chi connectivity index (χ4v) is 2.96. The van der Waals surface area contributed by atoms with Crippen molar-refractivity contribution in [3.05, 3.63) is 0 Å². The summed E-state index contributed by atoms with van der Waals surface area (Å²) in [5.41, 5.74) is 5.12. The van der Waals surface area contributed by atoms with Gasteiger partial charge in [-0.25, -0.2) is 0 Å². The number of fused-ring (bicyclic) bond motifs is 1. The van der Waals surface area contributed by atoms with E-state index in [4.69, 9.17) is 10.5 Å². The lowest BCUT2D eigenvalue weighted by Gasteiger charge is -2.40. The number of hydrogen-bond acceptors (Lipinski definition) is 5. The van der Waals surface area contributed by atoms with E-state index >= 15 is 0 Å². The Labute approximate surface area is 103 Å². The maximum atomic E-state index is 11.6. The molecule has 2 unspecified atom stereocenters. The van der Waals surface area contributed by atoms with E-state index in [1.807, 2.05) is 0 Å². The monoisotopic (exact) mass is 241 g/mol. The predicted octanol–water partition coefficient (Wildman–Crippen LogP) is -0.343. The van der Waals surface area contributed by atoms with Crippen molar-refractivity contribution < 1.29 is 9.53 Å². The van der Waals surface area contributed by atoms with E-state index in [0.29, 0.717) is 12.6 Å². The molecule has 0 amide bonds. The summed E-state index contributed by atoms with van der Waals surface area (Å²) in [4.78, 5) is 16.4. The molecule has 0 spiro atoms. The second kappa shape index (κ2) is 4.92. The molecule has 0 aliphatic carbocycles. The Morgan fingerprint density at radius 3 is 2.94 bits per heavy atom. The van der Waals surface area contributed by atoms with Crippen LogP contribution in [0.15, 0.2) is 0 Å². The van der Waals surface area contributed by atoms with Crippen LogP contribution in [0.3, 0.4) is 0 Å². The van der Waals surface area contributed by atoms with Gasteiger partial charge < -0.3 is 10.5 Å². The number of ether oxygens (including phenoxy) is 1. The quantitative estimate of drug-likeness (QED) is 0.685. The van der Waals surface area contributed by atoms with Crippen molar-refractivity contribution in [2.24, 2.45) is 5.73 Å². The molecule has 2 heterocycles. The summed E-state index contributed by atoms with van der Waals surface area (Å²) in [6.07, 6.45) is 2.57. The third-order valence-electron chi connectivity index (χ3n) is 3.88. The highest BCUT2D eigenvalue weighted by Crippen LogP contribution is 2.22. The molecule has 2 aliphatic heterocycles. The van der Waals surface area contributed by atoms with E-state index in [2.05, 4.69) is 9.80 Å². The van der Waals surface area contributed by atoms with Gasteiger partial charge in [-0.1, -0.05) is 0 Å². The standard InChI is InChI=1S/C12H23N3O2/c1-12(13,11(16)17-2)9-14-6-7-15-5-3-4-10(15)8-14/h10H,3-9,13H2,1-2H3. The molecule has 2 aliphatic rings. The van der Waals surface area contributed by atoms with Gasteiger partial charge in [0.1, 0.15) is 5.54 Å². The minimum Gasteiger partial charge on any atom is -0.468 e. The van der Waals surface area contributed by atoms with Crippen LogP contribution in [0, 0.1) is 0 Å². The van der Waals surface area contributed by atoms with Gasteiger partial charge in [-0.15, -0.1) is 0 Å². The molecule has 0 saturated carbocycles. The SMILES string of the molecule is COC(=O)C(C)(N)CN1CCN2CCCC2C1. The van der Waals surface area contributed by atoms with Crippen molar-refractivity contribution in [2.75, 3.05) is 39.8 Å². The van der Waals surface area contributed by atoms with Gasteiger partial charge in [-0.2, -0.15) is 0 Å². The van der Waals surface area contributed by atoms with Gasteiger partial charge >= 0.3 is 5.97 Å². The maximum absolute atomic E-state index is 11.6. The number of methoxy groups -OCH3 is 1. The molecule has 2 atom stereocenters. The molecular weight excluding hydrogens is 218 g/mol. The number of carbonyl (C=O) groups is 1. The predicted molar refractivity (Wildman–Crippen MR) is 65.6 cm³/mol. The molecule has 0 aromatic carbocycles. The number of nitrogens with zero attached hydrogens (tertiary/aromatic N) is 2. The summed E-state index contributed by atoms with van der Waals surface area (Å²) in [5.74, 6) is -0.327. The van der Waals surface area contributed by atoms with Crippen LogP contribution < -0.4 is 5.73 Å². The molecule has 2 saturated heterocycles. The average molecular weight is 241 g/mol. The molecule has 2 N–H and O–H groups in total. The Bertz CT molecular complexity index is 293. The summed E-state index contributed by atoms with van der Waals surface area (Å²) in [6.45, 7) is 6.70. The molecule has 2 rings (SSSR count). The van der Waals surface area contributed by atoms with Crippen LogP contribution in [0.25, 0.3) is 0 Å². The second-order valence-corrected chi connectivity index (χ2v) is 5.48. The van der Waals surface area contributed by atoms with E-state index in [1.54, 1.807) is 6.92 Å². The third-order valence-corrected chi connectivity index (χ3v) is 3.88. The fourth-order valence-electron chi connectivity index (χ4n) is 2.96. The van der Waals surface area contributed by atoms with Crippen molar-refractivity contribution in [2.45, 2.75) is 31.3 Å². The Morgan fingerprint density at radius 1 is 1.47 bits per heavy atom. The first-order valence-corrected chi connectivity index (χ1v) is 6.36. The van der Waals surface area contributed by atoms with Crippen molar-refractivity contribution in [3.8, 4) is 0 Å². The van der Waals surface area contributed by atoms with Crippen LogP contribution in [0.2, 0.25) is 0 Å². The third kappa shape index (κ3) is 2.78. The smallest absolute Gasteiger partial charge is 0.326 e. The molecule has 98 valence electrons. The topological polar surface area (TPSA) is 58.8 Å². The van der Waals surface area contributed by atoms with Gasteiger partial charge in [-0.3, -0.25) is 14.6 Å². The maximum Gasteiger partial charge on any atom is 0.326 e. The van der Waals surface area contributed by atoms with E-state index in [1.165, 1.54) is 26.5 Å². The summed E-state index contributed by atoms with van der Waals surface area (Å²) in [6, 6.07) is 0.664. The number of piperazine rings is 1. The minimum absolute atomic E-state index is 0.327. The lowest BCUT2D eigenvalue weighted by molar-refractivity contribution is -0.147. The molecule has 0 aromatic heterocycles. The molecule has 5 nitrogen and oxygen atoms in total. The van der Waals surface area contributed by atoms with Crippen molar-refractivity contribution in [1.82, 2.24) is 9.80 Å². The zero-order valence-corrected chi connectivity index (χ0v) is 10.8. The lowest BCUT2D eigenvalue weighted by atomic mass is 10.0. The van der Waals surface area contributed by atoms with E-state index in [0.717, 1.165) is 19.6 Å². The number of esters is 1. The van der Waals surface area contributed by atoms with Crippen LogP contribution in [0.1, 0.15) is 19.8 Å². The van der Waals surface area contributed by atoms with E-state index < -0.39 is 5.54 Å². The Hall–Kier alpha value is -0.650. The highest BCUT2D eigenvalue weighted by Gasteiger charge is 2.36. The zero-order chi connectivity index (χ0) is 12.5. The van der Waals surface area contributed by atoms with Crippen LogP contribution >= 0.6 is 0 Å². The van der Waals surface area contributed by atoms with Gasteiger partial charge in [0.15, 0.2) is 0 Å². The minimum atomic E-state index is -0.893. The molecule has 5 heteroatoms. The van der Waals surface area contributed by atoms with Crippen LogP contribution in [-0.2, 0) is 9.53 Å². The first-order chi connectivity index (χ1) is 8.03. The summed E-state index contributed by atoms with van der Waals surface area (Å²) < 4.78 is 4.74. The van der Waals surface area contributed by atoms with Crippen LogP contribution in [0.4, 0.5) is 0 Å². The lowest BCUT2D eigenvalue weighted by Crippen LogP contribution is -2.59. The first-order valence-electron chi connectivity index (χ1n) is 6.36. The van der Waals surface area contributed by atoms with Gasteiger partial charge in [-0.05, 0) is 26.3 Å². The highest BCUT2D eigenvalue weighted by molar-refractivity contribution is 5.80. The number of nitrogens with two attached hydrogens (primary N) is 1. The number of carbonyl (C=O) groups excluding carboxylic acids is 1. The normalized spacial score (nSPS) is 29.7. The van der Waals surface area contributed by atoms with Crippen molar-refractivity contribution >= 4 is 5.97 Å². The number of rotatable bonds is 3. The van der Waals surface area contributed by atoms with Gasteiger partial charge in [0.05, 0.1) is 7.11 Å². The molecule has 0 aromatic rings. The van der Waals surface area contributed by atoms with Gasteiger partial charge in [0.2, 0.25) is 0 Å².